The SMILES string of the molecule is C=N[C@@H](CC(=O)OC(C)(C)C)C(=N)N(C(C)=N)C(C)S. The van der Waals surface area contributed by atoms with Crippen molar-refractivity contribution in [3.05, 3.63) is 0 Å². The van der Waals surface area contributed by atoms with Gasteiger partial charge in [0.2, 0.25) is 0 Å². The molecule has 0 saturated heterocycles. The standard InChI is InChI=1S/C13H24N4O2S/c1-8(14)17(9(2)20)12(15)10(16-6)7-11(18)19-13(3,4)5/h9-10,14-15,20H,6-7H2,1-5H3/t9?,10-/m0/s1. The van der Waals surface area contributed by atoms with Gasteiger partial charge in [0.05, 0.1) is 17.6 Å². The van der Waals surface area contributed by atoms with Crippen LogP contribution < -0.4 is 0 Å². The third-order valence-corrected chi connectivity index (χ3v) is 2.54. The van der Waals surface area contributed by atoms with Crippen molar-refractivity contribution >= 4 is 37.0 Å². The molecule has 0 aliphatic carbocycles. The van der Waals surface area contributed by atoms with Gasteiger partial charge in [0.15, 0.2) is 0 Å². The van der Waals surface area contributed by atoms with Crippen molar-refractivity contribution in [2.24, 2.45) is 4.99 Å². The highest BCUT2D eigenvalue weighted by Gasteiger charge is 2.27. The van der Waals surface area contributed by atoms with E-state index in [-0.39, 0.29) is 23.5 Å². The summed E-state index contributed by atoms with van der Waals surface area (Å²) in [7, 11) is 0. The molecule has 0 aliphatic rings. The van der Waals surface area contributed by atoms with Crippen molar-refractivity contribution in [2.75, 3.05) is 0 Å². The maximum atomic E-state index is 11.8. The summed E-state index contributed by atoms with van der Waals surface area (Å²) in [6.45, 7) is 12.0. The molecule has 0 rings (SSSR count). The number of esters is 1. The van der Waals surface area contributed by atoms with Gasteiger partial charge < -0.3 is 9.64 Å². The van der Waals surface area contributed by atoms with E-state index in [2.05, 4.69) is 24.3 Å². The van der Waals surface area contributed by atoms with E-state index < -0.39 is 17.6 Å². The smallest absolute Gasteiger partial charge is 0.308 e. The van der Waals surface area contributed by atoms with Gasteiger partial charge in [-0.25, -0.2) is 0 Å². The molecule has 0 amide bonds. The number of rotatable bonds is 5. The average Bonchev–Trinajstić information content (AvgIpc) is 2.21. The van der Waals surface area contributed by atoms with Crippen LogP contribution in [0.15, 0.2) is 4.99 Å². The zero-order valence-electron chi connectivity index (χ0n) is 12.7. The van der Waals surface area contributed by atoms with E-state index in [4.69, 9.17) is 15.6 Å². The van der Waals surface area contributed by atoms with Crippen LogP contribution in [-0.2, 0) is 9.53 Å². The summed E-state index contributed by atoms with van der Waals surface area (Å²) in [4.78, 5) is 17.0. The minimum atomic E-state index is -0.750. The number of aliphatic imine (C=N–C) groups is 1. The number of thiol groups is 1. The van der Waals surface area contributed by atoms with Crippen molar-refractivity contribution in [3.8, 4) is 0 Å². The monoisotopic (exact) mass is 300 g/mol. The van der Waals surface area contributed by atoms with E-state index in [0.29, 0.717) is 0 Å². The summed E-state index contributed by atoms with van der Waals surface area (Å²) < 4.78 is 5.21. The molecule has 7 heteroatoms. The highest BCUT2D eigenvalue weighted by molar-refractivity contribution is 7.80. The first-order chi connectivity index (χ1) is 8.99. The van der Waals surface area contributed by atoms with Crippen molar-refractivity contribution in [1.82, 2.24) is 4.90 Å². The fourth-order valence-electron chi connectivity index (χ4n) is 1.61. The number of hydrogen-bond donors (Lipinski definition) is 3. The molecule has 0 aromatic heterocycles. The van der Waals surface area contributed by atoms with Crippen LogP contribution in [0.2, 0.25) is 0 Å². The maximum absolute atomic E-state index is 11.8. The maximum Gasteiger partial charge on any atom is 0.308 e. The number of carbonyl (C=O) groups is 1. The number of nitrogens with one attached hydrogen (secondary N) is 2. The lowest BCUT2D eigenvalue weighted by Gasteiger charge is -2.30. The molecule has 0 aromatic carbocycles. The van der Waals surface area contributed by atoms with E-state index in [0.717, 1.165) is 0 Å². The largest absolute Gasteiger partial charge is 0.460 e. The van der Waals surface area contributed by atoms with E-state index >= 15 is 0 Å². The van der Waals surface area contributed by atoms with Crippen molar-refractivity contribution in [3.63, 3.8) is 0 Å². The molecule has 0 bridgehead atoms. The predicted octanol–water partition coefficient (Wildman–Crippen LogP) is 2.34. The summed E-state index contributed by atoms with van der Waals surface area (Å²) in [5, 5.41) is 15.4. The Kier molecular flexibility index (Phi) is 6.91. The Morgan fingerprint density at radius 3 is 2.25 bits per heavy atom. The Hall–Kier alpha value is -1.37. The third-order valence-electron chi connectivity index (χ3n) is 2.31. The first kappa shape index (κ1) is 18.6. The molecule has 2 atom stereocenters. The molecule has 0 spiro atoms. The highest BCUT2D eigenvalue weighted by atomic mass is 32.1. The summed E-state index contributed by atoms with van der Waals surface area (Å²) in [6.07, 6.45) is -0.0795. The molecular weight excluding hydrogens is 276 g/mol. The average molecular weight is 300 g/mol. The van der Waals surface area contributed by atoms with Gasteiger partial charge in [-0.3, -0.25) is 20.6 Å². The molecule has 114 valence electrons. The lowest BCUT2D eigenvalue weighted by Crippen LogP contribution is -2.45. The second-order valence-electron chi connectivity index (χ2n) is 5.46. The fourth-order valence-corrected chi connectivity index (χ4v) is 1.91. The zero-order valence-corrected chi connectivity index (χ0v) is 13.6. The molecule has 20 heavy (non-hydrogen) atoms. The van der Waals surface area contributed by atoms with Gasteiger partial charge >= 0.3 is 5.97 Å². The summed E-state index contributed by atoms with van der Waals surface area (Å²) in [5.74, 6) is -0.273. The molecule has 6 nitrogen and oxygen atoms in total. The van der Waals surface area contributed by atoms with Crippen LogP contribution in [0.1, 0.15) is 41.0 Å². The van der Waals surface area contributed by atoms with Crippen LogP contribution in [-0.4, -0.2) is 46.3 Å². The second-order valence-corrected chi connectivity index (χ2v) is 6.21. The summed E-state index contributed by atoms with van der Waals surface area (Å²) >= 11 is 4.23. The van der Waals surface area contributed by atoms with Crippen LogP contribution in [0.3, 0.4) is 0 Å². The van der Waals surface area contributed by atoms with Crippen LogP contribution in [0.25, 0.3) is 0 Å². The molecule has 0 aromatic rings. The Morgan fingerprint density at radius 1 is 1.45 bits per heavy atom. The molecule has 0 radical (unpaired) electrons. The second kappa shape index (κ2) is 7.42. The molecule has 0 fully saturated rings. The van der Waals surface area contributed by atoms with E-state index in [1.54, 1.807) is 34.6 Å². The number of amidine groups is 2. The van der Waals surface area contributed by atoms with Crippen molar-refractivity contribution in [2.45, 2.75) is 58.1 Å². The van der Waals surface area contributed by atoms with Gasteiger partial charge in [-0.15, -0.1) is 0 Å². The molecule has 0 saturated carbocycles. The van der Waals surface area contributed by atoms with Crippen LogP contribution >= 0.6 is 12.6 Å². The van der Waals surface area contributed by atoms with E-state index in [9.17, 15) is 4.79 Å². The van der Waals surface area contributed by atoms with Gasteiger partial charge in [-0.1, -0.05) is 0 Å². The number of carbonyl (C=O) groups excluding carboxylic acids is 1. The molecular formula is C13H24N4O2S. The third kappa shape index (κ3) is 6.18. The van der Waals surface area contributed by atoms with E-state index in [1.807, 2.05) is 0 Å². The molecule has 0 aliphatic heterocycles. The number of ether oxygens (including phenoxy) is 1. The fraction of sp³-hybridized carbons (Fsp3) is 0.692. The zero-order chi connectivity index (χ0) is 16.1. The normalized spacial score (nSPS) is 14.1. The summed E-state index contributed by atoms with van der Waals surface area (Å²) in [6, 6.07) is -0.750. The first-order valence-corrected chi connectivity index (χ1v) is 6.79. The minimum Gasteiger partial charge on any atom is -0.460 e. The topological polar surface area (TPSA) is 89.6 Å². The first-order valence-electron chi connectivity index (χ1n) is 6.28. The van der Waals surface area contributed by atoms with Crippen molar-refractivity contribution in [1.29, 1.82) is 10.8 Å². The number of nitrogens with zero attached hydrogens (tertiary/aromatic N) is 2. The van der Waals surface area contributed by atoms with Gasteiger partial charge in [0.1, 0.15) is 17.5 Å². The number of hydrogen-bond acceptors (Lipinski definition) is 6. The quantitative estimate of drug-likeness (QED) is 0.239. The van der Waals surface area contributed by atoms with Crippen LogP contribution in [0.5, 0.6) is 0 Å². The molecule has 1 unspecified atom stereocenters. The Balaban J connectivity index is 4.92. The Bertz CT molecular complexity index is 402. The van der Waals surface area contributed by atoms with Gasteiger partial charge in [-0.05, 0) is 41.3 Å². The lowest BCUT2D eigenvalue weighted by atomic mass is 10.1. The molecule has 2 N–H and O–H groups in total. The minimum absolute atomic E-state index is 0.0147. The van der Waals surface area contributed by atoms with E-state index in [1.165, 1.54) is 4.90 Å². The lowest BCUT2D eigenvalue weighted by molar-refractivity contribution is -0.154. The van der Waals surface area contributed by atoms with Gasteiger partial charge in [-0.2, -0.15) is 12.6 Å². The van der Waals surface area contributed by atoms with Gasteiger partial charge in [0.25, 0.3) is 0 Å². The van der Waals surface area contributed by atoms with Crippen molar-refractivity contribution < 1.29 is 9.53 Å². The van der Waals surface area contributed by atoms with Crippen LogP contribution in [0, 0.1) is 10.8 Å². The molecule has 0 heterocycles. The van der Waals surface area contributed by atoms with Crippen LogP contribution in [0.4, 0.5) is 0 Å². The predicted molar refractivity (Wildman–Crippen MR) is 85.2 cm³/mol. The highest BCUT2D eigenvalue weighted by Crippen LogP contribution is 2.14. The van der Waals surface area contributed by atoms with Gasteiger partial charge in [0, 0.05) is 0 Å². The Labute approximate surface area is 126 Å². The summed E-state index contributed by atoms with van der Waals surface area (Å²) in [5.41, 5.74) is -0.584. The Morgan fingerprint density at radius 2 is 1.95 bits per heavy atom.